The van der Waals surface area contributed by atoms with E-state index >= 15 is 0 Å². The second kappa shape index (κ2) is 13.3. The molecule has 1 unspecified atom stereocenters. The summed E-state index contributed by atoms with van der Waals surface area (Å²) in [5.41, 5.74) is 0. The molecule has 128 valence electrons. The zero-order chi connectivity index (χ0) is 16.3. The van der Waals surface area contributed by atoms with E-state index < -0.39 is 15.4 Å². The van der Waals surface area contributed by atoms with Gasteiger partial charge in [0.05, 0.1) is 5.25 Å². The molecule has 0 aliphatic heterocycles. The molecule has 0 N–H and O–H groups in total. The third kappa shape index (κ3) is 9.75. The fourth-order valence-corrected chi connectivity index (χ4v) is 3.94. The summed E-state index contributed by atoms with van der Waals surface area (Å²) in [7, 11) is -3.53. The number of hydrogen-bond donors (Lipinski definition) is 0. The molecule has 1 aromatic rings. The molecule has 1 aromatic carbocycles. The molecule has 1 rings (SSSR count). The van der Waals surface area contributed by atoms with E-state index in [1.54, 1.807) is 24.3 Å². The Hall–Kier alpha value is -0.0300. The van der Waals surface area contributed by atoms with Crippen molar-refractivity contribution in [1.29, 1.82) is 0 Å². The summed E-state index contributed by atoms with van der Waals surface area (Å²) in [5.74, 6) is 0.403. The van der Waals surface area contributed by atoms with Gasteiger partial charge in [-0.2, -0.15) is 8.42 Å². The van der Waals surface area contributed by atoms with Gasteiger partial charge in [-0.1, -0.05) is 77.0 Å². The van der Waals surface area contributed by atoms with Crippen molar-refractivity contribution in [1.82, 2.24) is 0 Å². The van der Waals surface area contributed by atoms with Crippen molar-refractivity contribution >= 4 is 10.1 Å². The van der Waals surface area contributed by atoms with Crippen LogP contribution in [0.2, 0.25) is 0 Å². The van der Waals surface area contributed by atoms with Crippen LogP contribution in [0.3, 0.4) is 0 Å². The first-order chi connectivity index (χ1) is 10.6. The molecule has 0 spiro atoms. The molecule has 1 atom stereocenters. The Labute approximate surface area is 166 Å². The van der Waals surface area contributed by atoms with Gasteiger partial charge in [-0.05, 0) is 25.0 Å². The summed E-state index contributed by atoms with van der Waals surface area (Å²) in [6.07, 6.45) is 9.69. The minimum Gasteiger partial charge on any atom is -1.00 e. The fraction of sp³-hybridized carbons (Fsp3) is 0.667. The molecule has 0 bridgehead atoms. The first kappa shape index (κ1) is 23.0. The van der Waals surface area contributed by atoms with Gasteiger partial charge in [0, 0.05) is 0 Å². The topological polar surface area (TPSA) is 43.4 Å². The van der Waals surface area contributed by atoms with Gasteiger partial charge in [-0.3, -0.25) is 0 Å². The van der Waals surface area contributed by atoms with E-state index in [9.17, 15) is 8.42 Å². The van der Waals surface area contributed by atoms with Crippen LogP contribution in [0.4, 0.5) is 0 Å². The van der Waals surface area contributed by atoms with Gasteiger partial charge in [-0.15, -0.1) is 0 Å². The summed E-state index contributed by atoms with van der Waals surface area (Å²) in [5, 5.41) is -0.400. The zero-order valence-electron chi connectivity index (χ0n) is 16.0. The number of benzene rings is 1. The van der Waals surface area contributed by atoms with Crippen LogP contribution in [0.25, 0.3) is 0 Å². The summed E-state index contributed by atoms with van der Waals surface area (Å²) >= 11 is 0. The normalized spacial score (nSPS) is 12.4. The summed E-state index contributed by atoms with van der Waals surface area (Å²) in [4.78, 5) is 0. The monoisotopic (exact) mass is 350 g/mol. The maximum atomic E-state index is 12.3. The molecule has 0 fully saturated rings. The van der Waals surface area contributed by atoms with Crippen LogP contribution in [0.1, 0.15) is 73.1 Å². The summed E-state index contributed by atoms with van der Waals surface area (Å²) in [6.45, 7) is 4.13. The van der Waals surface area contributed by atoms with E-state index in [1.807, 2.05) is 13.0 Å². The van der Waals surface area contributed by atoms with Crippen molar-refractivity contribution in [2.24, 2.45) is 0 Å². The largest absolute Gasteiger partial charge is 1.00 e. The Bertz CT molecular complexity index is 494. The Morgan fingerprint density at radius 3 is 2.09 bits per heavy atom. The summed E-state index contributed by atoms with van der Waals surface area (Å²) in [6, 6.07) is 8.76. The first-order valence-corrected chi connectivity index (χ1v) is 10.1. The molecule has 23 heavy (non-hydrogen) atoms. The average molecular weight is 350 g/mol. The van der Waals surface area contributed by atoms with Gasteiger partial charge in [0.15, 0.2) is 0 Å². The number of para-hydroxylation sites is 1. The van der Waals surface area contributed by atoms with Gasteiger partial charge >= 0.3 is 39.7 Å². The van der Waals surface area contributed by atoms with Crippen molar-refractivity contribution in [2.75, 3.05) is 0 Å². The van der Waals surface area contributed by atoms with Gasteiger partial charge in [0.1, 0.15) is 5.75 Å². The third-order valence-corrected chi connectivity index (χ3v) is 5.76. The van der Waals surface area contributed by atoms with E-state index in [0.717, 1.165) is 12.8 Å². The minimum absolute atomic E-state index is 0. The van der Waals surface area contributed by atoms with Gasteiger partial charge < -0.3 is 5.61 Å². The van der Waals surface area contributed by atoms with E-state index in [4.69, 9.17) is 4.18 Å². The second-order valence-corrected chi connectivity index (χ2v) is 7.65. The predicted molar refractivity (Wildman–Crippen MR) is 93.8 cm³/mol. The van der Waals surface area contributed by atoms with Crippen LogP contribution in [0.15, 0.2) is 30.3 Å². The van der Waals surface area contributed by atoms with Crippen LogP contribution in [-0.2, 0) is 10.1 Å². The van der Waals surface area contributed by atoms with E-state index in [-0.39, 0.29) is 31.0 Å². The maximum Gasteiger partial charge on any atom is 1.00 e. The molecule has 0 aliphatic rings. The summed E-state index contributed by atoms with van der Waals surface area (Å²) < 4.78 is 29.9. The van der Waals surface area contributed by atoms with Crippen LogP contribution in [0.5, 0.6) is 5.75 Å². The molecular formula is C18H31NaO3S. The van der Waals surface area contributed by atoms with Crippen molar-refractivity contribution in [3.05, 3.63) is 30.3 Å². The zero-order valence-corrected chi connectivity index (χ0v) is 17.8. The van der Waals surface area contributed by atoms with Crippen molar-refractivity contribution < 1.29 is 43.6 Å². The molecule has 5 heteroatoms. The number of hydrogen-bond acceptors (Lipinski definition) is 3. The molecule has 0 saturated heterocycles. The first-order valence-electron chi connectivity index (χ1n) is 8.58. The predicted octanol–water partition coefficient (Wildman–Crippen LogP) is 2.43. The Morgan fingerprint density at radius 2 is 1.52 bits per heavy atom. The number of unbranched alkanes of at least 4 members (excludes halogenated alkanes) is 6. The van der Waals surface area contributed by atoms with E-state index in [0.29, 0.717) is 18.6 Å². The van der Waals surface area contributed by atoms with Gasteiger partial charge in [0.2, 0.25) is 0 Å². The van der Waals surface area contributed by atoms with E-state index in [1.165, 1.54) is 32.1 Å². The van der Waals surface area contributed by atoms with E-state index in [2.05, 4.69) is 6.92 Å². The molecule has 0 aromatic heterocycles. The Balaban J connectivity index is 0. The van der Waals surface area contributed by atoms with Crippen molar-refractivity contribution in [3.63, 3.8) is 0 Å². The average Bonchev–Trinajstić information content (AvgIpc) is 2.50. The molecule has 0 saturated carbocycles. The molecule has 0 radical (unpaired) electrons. The molecule has 3 nitrogen and oxygen atoms in total. The van der Waals surface area contributed by atoms with Crippen LogP contribution >= 0.6 is 0 Å². The Kier molecular flexibility index (Phi) is 13.3. The fourth-order valence-electron chi connectivity index (χ4n) is 2.56. The second-order valence-electron chi connectivity index (χ2n) is 5.83. The Morgan fingerprint density at radius 1 is 0.957 bits per heavy atom. The van der Waals surface area contributed by atoms with Gasteiger partial charge in [0.25, 0.3) is 0 Å². The van der Waals surface area contributed by atoms with Gasteiger partial charge in [-0.25, -0.2) is 0 Å². The van der Waals surface area contributed by atoms with Crippen LogP contribution in [0, 0.1) is 0 Å². The van der Waals surface area contributed by atoms with Crippen LogP contribution in [-0.4, -0.2) is 13.7 Å². The SMILES string of the molecule is CCCCCCCCCC(CC)S(=O)(=O)Oc1ccccc1.[H-].[Na+]. The number of rotatable bonds is 12. The quantitative estimate of drug-likeness (QED) is 0.330. The minimum atomic E-state index is -3.53. The molecule has 0 heterocycles. The molecule has 0 aliphatic carbocycles. The van der Waals surface area contributed by atoms with Crippen LogP contribution < -0.4 is 33.7 Å². The molecule has 0 amide bonds. The van der Waals surface area contributed by atoms with Crippen molar-refractivity contribution in [2.45, 2.75) is 76.9 Å². The third-order valence-electron chi connectivity index (χ3n) is 3.95. The molecular weight excluding hydrogens is 319 g/mol. The standard InChI is InChI=1S/C18H30O3S.Na.H/c1-3-5-6-7-8-9-13-16-18(4-2)22(19,20)21-17-14-11-10-12-15-17;;/h10-12,14-15,18H,3-9,13,16H2,1-2H3;;/q;+1;-1. The smallest absolute Gasteiger partial charge is 1.00 e. The maximum absolute atomic E-state index is 12.3. The van der Waals surface area contributed by atoms with Crippen molar-refractivity contribution in [3.8, 4) is 5.75 Å².